The first-order chi connectivity index (χ1) is 5.80. The number of fused-ring (bicyclic) bond motifs is 1. The van der Waals surface area contributed by atoms with Gasteiger partial charge in [-0.15, -0.1) is 0 Å². The number of furan rings is 1. The number of rotatable bonds is 0. The summed E-state index contributed by atoms with van der Waals surface area (Å²) in [6.45, 7) is 0. The molecule has 0 radical (unpaired) electrons. The van der Waals surface area contributed by atoms with Crippen LogP contribution >= 0.6 is 0 Å². The fourth-order valence-electron chi connectivity index (χ4n) is 1.52. The molecule has 2 heterocycles. The largest absolute Gasteiger partial charge is 0.468 e. The van der Waals surface area contributed by atoms with Crippen LogP contribution in [-0.2, 0) is 4.79 Å². The van der Waals surface area contributed by atoms with Crippen LogP contribution in [0.4, 0.5) is 11.4 Å². The third-order valence-electron chi connectivity index (χ3n) is 2.47. The molecular weight excluding hydrogens is 156 g/mol. The van der Waals surface area contributed by atoms with Crippen LogP contribution in [0, 0.1) is 0 Å². The first kappa shape index (κ1) is 6.11. The molecule has 4 heteroatoms. The molecule has 3 rings (SSSR count). The third-order valence-corrected chi connectivity index (χ3v) is 2.47. The van der Waals surface area contributed by atoms with E-state index in [4.69, 9.17) is 4.42 Å². The van der Waals surface area contributed by atoms with Crippen LogP contribution in [0.2, 0.25) is 0 Å². The topological polar surface area (TPSA) is 54.3 Å². The molecule has 0 saturated heterocycles. The molecule has 1 aliphatic carbocycles. The van der Waals surface area contributed by atoms with Crippen molar-refractivity contribution in [3.05, 3.63) is 12.5 Å². The van der Waals surface area contributed by atoms with Gasteiger partial charge in [0.15, 0.2) is 0 Å². The second-order valence-corrected chi connectivity index (χ2v) is 3.36. The van der Waals surface area contributed by atoms with Gasteiger partial charge in [0.05, 0.1) is 5.69 Å². The minimum Gasteiger partial charge on any atom is -0.468 e. The number of hydrogen-bond donors (Lipinski definition) is 2. The van der Waals surface area contributed by atoms with Crippen LogP contribution in [-0.4, -0.2) is 11.4 Å². The highest BCUT2D eigenvalue weighted by atomic mass is 16.3. The average molecular weight is 164 g/mol. The van der Waals surface area contributed by atoms with Gasteiger partial charge < -0.3 is 15.1 Å². The Balaban J connectivity index is 2.07. The maximum Gasteiger partial charge on any atom is 0.250 e. The predicted octanol–water partition coefficient (Wildman–Crippen LogP) is 1.18. The Morgan fingerprint density at radius 3 is 2.83 bits per heavy atom. The molecule has 1 amide bonds. The number of carbonyl (C=O) groups excluding carboxylic acids is 1. The molecule has 1 spiro atoms. The molecule has 12 heavy (non-hydrogen) atoms. The summed E-state index contributed by atoms with van der Waals surface area (Å²) in [6.07, 6.45) is 5.00. The Hall–Kier alpha value is -1.45. The van der Waals surface area contributed by atoms with Gasteiger partial charge in [-0.05, 0) is 12.8 Å². The van der Waals surface area contributed by atoms with Gasteiger partial charge >= 0.3 is 0 Å². The highest BCUT2D eigenvalue weighted by molar-refractivity contribution is 6.07. The van der Waals surface area contributed by atoms with Gasteiger partial charge in [-0.2, -0.15) is 0 Å². The van der Waals surface area contributed by atoms with Crippen LogP contribution < -0.4 is 10.6 Å². The van der Waals surface area contributed by atoms with Crippen molar-refractivity contribution in [3.63, 3.8) is 0 Å². The van der Waals surface area contributed by atoms with E-state index in [1.165, 1.54) is 6.26 Å². The highest BCUT2D eigenvalue weighted by Crippen LogP contribution is 2.45. The Bertz CT molecular complexity index is 352. The summed E-state index contributed by atoms with van der Waals surface area (Å²) in [7, 11) is 0. The Morgan fingerprint density at radius 1 is 1.33 bits per heavy atom. The van der Waals surface area contributed by atoms with Crippen LogP contribution in [0.25, 0.3) is 0 Å². The number of nitrogens with one attached hydrogen (secondary N) is 2. The molecule has 1 aromatic rings. The second-order valence-electron chi connectivity index (χ2n) is 3.36. The molecule has 1 aromatic heterocycles. The lowest BCUT2D eigenvalue weighted by Gasteiger charge is -2.22. The molecule has 1 aliphatic heterocycles. The minimum atomic E-state index is -0.309. The summed E-state index contributed by atoms with van der Waals surface area (Å²) in [5.41, 5.74) is 1.33. The van der Waals surface area contributed by atoms with Crippen molar-refractivity contribution in [1.29, 1.82) is 0 Å². The molecule has 4 nitrogen and oxygen atoms in total. The SMILES string of the molecule is O=C1Nc2cocc2NC12CC2. The van der Waals surface area contributed by atoms with Crippen molar-refractivity contribution in [2.45, 2.75) is 18.4 Å². The maximum atomic E-state index is 11.4. The summed E-state index contributed by atoms with van der Waals surface area (Å²) >= 11 is 0. The van der Waals surface area contributed by atoms with Crippen molar-refractivity contribution in [3.8, 4) is 0 Å². The zero-order valence-electron chi connectivity index (χ0n) is 6.39. The average Bonchev–Trinajstić information content (AvgIpc) is 2.67. The molecular formula is C8H8N2O2. The van der Waals surface area contributed by atoms with Crippen LogP contribution in [0.1, 0.15) is 12.8 Å². The molecule has 2 N–H and O–H groups in total. The van der Waals surface area contributed by atoms with Crippen molar-refractivity contribution in [1.82, 2.24) is 0 Å². The summed E-state index contributed by atoms with van der Waals surface area (Å²) in [6, 6.07) is 0. The number of hydrogen-bond acceptors (Lipinski definition) is 3. The molecule has 0 atom stereocenters. The first-order valence-electron chi connectivity index (χ1n) is 3.96. The van der Waals surface area contributed by atoms with Gasteiger partial charge in [-0.1, -0.05) is 0 Å². The van der Waals surface area contributed by atoms with Crippen molar-refractivity contribution in [2.24, 2.45) is 0 Å². The molecule has 1 fully saturated rings. The van der Waals surface area contributed by atoms with Crippen LogP contribution in [0.15, 0.2) is 16.9 Å². The van der Waals surface area contributed by atoms with E-state index in [-0.39, 0.29) is 11.4 Å². The third kappa shape index (κ3) is 0.598. The molecule has 62 valence electrons. The normalized spacial score (nSPS) is 22.8. The number of anilines is 2. The van der Waals surface area contributed by atoms with E-state index in [0.29, 0.717) is 0 Å². The molecule has 2 aliphatic rings. The van der Waals surface area contributed by atoms with E-state index >= 15 is 0 Å². The summed E-state index contributed by atoms with van der Waals surface area (Å²) in [5, 5.41) is 5.97. The minimum absolute atomic E-state index is 0.0661. The predicted molar refractivity (Wildman–Crippen MR) is 42.9 cm³/mol. The van der Waals surface area contributed by atoms with Crippen molar-refractivity contribution >= 4 is 17.3 Å². The molecule has 1 saturated carbocycles. The summed E-state index contributed by atoms with van der Waals surface area (Å²) in [5.74, 6) is 0.0661. The van der Waals surface area contributed by atoms with Gasteiger partial charge in [-0.25, -0.2) is 0 Å². The number of carbonyl (C=O) groups is 1. The highest BCUT2D eigenvalue weighted by Gasteiger charge is 2.52. The van der Waals surface area contributed by atoms with E-state index in [2.05, 4.69) is 10.6 Å². The smallest absolute Gasteiger partial charge is 0.250 e. The lowest BCUT2D eigenvalue weighted by molar-refractivity contribution is -0.117. The van der Waals surface area contributed by atoms with Crippen molar-refractivity contribution in [2.75, 3.05) is 10.6 Å². The van der Waals surface area contributed by atoms with Gasteiger partial charge in [0.2, 0.25) is 5.91 Å². The van der Waals surface area contributed by atoms with E-state index < -0.39 is 0 Å². The molecule has 0 unspecified atom stereocenters. The summed E-state index contributed by atoms with van der Waals surface area (Å²) < 4.78 is 4.96. The van der Waals surface area contributed by atoms with Gasteiger partial charge in [-0.3, -0.25) is 4.79 Å². The van der Waals surface area contributed by atoms with E-state index in [1.807, 2.05) is 0 Å². The Labute approximate surface area is 68.9 Å². The van der Waals surface area contributed by atoms with Gasteiger partial charge in [0, 0.05) is 0 Å². The Kier molecular flexibility index (Phi) is 0.842. The van der Waals surface area contributed by atoms with Gasteiger partial charge in [0.25, 0.3) is 0 Å². The fraction of sp³-hybridized carbons (Fsp3) is 0.375. The first-order valence-corrected chi connectivity index (χ1v) is 3.96. The van der Waals surface area contributed by atoms with Crippen LogP contribution in [0.5, 0.6) is 0 Å². The second kappa shape index (κ2) is 1.65. The maximum absolute atomic E-state index is 11.4. The number of amides is 1. The lowest BCUT2D eigenvalue weighted by Crippen LogP contribution is -2.40. The molecule has 0 aromatic carbocycles. The zero-order valence-corrected chi connectivity index (χ0v) is 6.39. The zero-order chi connectivity index (χ0) is 8.18. The Morgan fingerprint density at radius 2 is 2.08 bits per heavy atom. The summed E-state index contributed by atoms with van der Waals surface area (Å²) in [4.78, 5) is 11.4. The molecule has 0 bridgehead atoms. The monoisotopic (exact) mass is 164 g/mol. The van der Waals surface area contributed by atoms with E-state index in [0.717, 1.165) is 24.2 Å². The van der Waals surface area contributed by atoms with E-state index in [9.17, 15) is 4.79 Å². The van der Waals surface area contributed by atoms with E-state index in [1.54, 1.807) is 6.26 Å². The lowest BCUT2D eigenvalue weighted by atomic mass is 10.2. The van der Waals surface area contributed by atoms with Crippen LogP contribution in [0.3, 0.4) is 0 Å². The van der Waals surface area contributed by atoms with Gasteiger partial charge in [0.1, 0.15) is 23.8 Å². The fourth-order valence-corrected chi connectivity index (χ4v) is 1.52. The van der Waals surface area contributed by atoms with Crippen molar-refractivity contribution < 1.29 is 9.21 Å². The standard InChI is InChI=1S/C8H8N2O2/c11-7-8(1-2-8)10-6-4-12-3-5(6)9-7/h3-4,10H,1-2H2,(H,9,11). The quantitative estimate of drug-likeness (QED) is 0.605.